The van der Waals surface area contributed by atoms with Crippen molar-refractivity contribution >= 4 is 28.6 Å². The molecule has 2 aliphatic rings. The SMILES string of the molecule is COc1ccc2cc(C(=O)N3CCNC(=O)[C@H]4CCCC[C@H]4N(C(C)=O)CC3)[nH]c2c1. The zero-order valence-electron chi connectivity index (χ0n) is 18.1. The maximum absolute atomic E-state index is 13.3. The summed E-state index contributed by atoms with van der Waals surface area (Å²) in [5.41, 5.74) is 1.31. The Hall–Kier alpha value is -3.03. The Kier molecular flexibility index (Phi) is 6.15. The normalized spacial score (nSPS) is 22.6. The quantitative estimate of drug-likeness (QED) is 0.769. The minimum absolute atomic E-state index is 0.0112. The molecule has 4 rings (SSSR count). The van der Waals surface area contributed by atoms with Gasteiger partial charge >= 0.3 is 0 Å². The van der Waals surface area contributed by atoms with Gasteiger partial charge in [0, 0.05) is 56.1 Å². The average molecular weight is 427 g/mol. The van der Waals surface area contributed by atoms with Gasteiger partial charge in [-0.25, -0.2) is 0 Å². The molecule has 2 N–H and O–H groups in total. The molecule has 0 radical (unpaired) electrons. The van der Waals surface area contributed by atoms with Crippen LogP contribution in [0.3, 0.4) is 0 Å². The highest BCUT2D eigenvalue weighted by atomic mass is 16.5. The maximum atomic E-state index is 13.3. The van der Waals surface area contributed by atoms with E-state index in [1.165, 1.54) is 0 Å². The lowest BCUT2D eigenvalue weighted by molar-refractivity contribution is -0.137. The molecule has 2 heterocycles. The van der Waals surface area contributed by atoms with Gasteiger partial charge in [-0.15, -0.1) is 0 Å². The zero-order chi connectivity index (χ0) is 22.0. The van der Waals surface area contributed by atoms with E-state index in [0.717, 1.165) is 36.6 Å². The van der Waals surface area contributed by atoms with E-state index in [0.29, 0.717) is 37.6 Å². The number of rotatable bonds is 2. The van der Waals surface area contributed by atoms with E-state index in [1.807, 2.05) is 24.3 Å². The molecule has 8 nitrogen and oxygen atoms in total. The van der Waals surface area contributed by atoms with Crippen LogP contribution in [-0.2, 0) is 9.59 Å². The molecule has 1 aliphatic heterocycles. The van der Waals surface area contributed by atoms with Gasteiger partial charge in [0.05, 0.1) is 13.0 Å². The molecule has 2 atom stereocenters. The Labute approximate surface area is 181 Å². The molecule has 31 heavy (non-hydrogen) atoms. The number of benzene rings is 1. The Balaban J connectivity index is 1.56. The molecule has 2 aromatic rings. The van der Waals surface area contributed by atoms with Crippen molar-refractivity contribution in [2.75, 3.05) is 33.3 Å². The van der Waals surface area contributed by atoms with Crippen LogP contribution in [0.5, 0.6) is 5.75 Å². The Morgan fingerprint density at radius 3 is 2.68 bits per heavy atom. The molecule has 1 saturated carbocycles. The predicted octanol–water partition coefficient (Wildman–Crippen LogP) is 2.16. The number of nitrogens with zero attached hydrogens (tertiary/aromatic N) is 2. The fourth-order valence-electron chi connectivity index (χ4n) is 4.85. The number of amides is 3. The van der Waals surface area contributed by atoms with Gasteiger partial charge in [0.1, 0.15) is 11.4 Å². The summed E-state index contributed by atoms with van der Waals surface area (Å²) < 4.78 is 5.26. The van der Waals surface area contributed by atoms with E-state index in [9.17, 15) is 14.4 Å². The molecule has 3 amide bonds. The molecule has 0 spiro atoms. The highest BCUT2D eigenvalue weighted by Gasteiger charge is 2.37. The predicted molar refractivity (Wildman–Crippen MR) is 117 cm³/mol. The van der Waals surface area contributed by atoms with E-state index in [4.69, 9.17) is 4.74 Å². The van der Waals surface area contributed by atoms with Crippen LogP contribution < -0.4 is 10.1 Å². The van der Waals surface area contributed by atoms with Gasteiger partial charge in [0.25, 0.3) is 5.91 Å². The van der Waals surface area contributed by atoms with Gasteiger partial charge in [0.15, 0.2) is 0 Å². The number of hydrogen-bond donors (Lipinski definition) is 2. The number of hydrogen-bond acceptors (Lipinski definition) is 4. The van der Waals surface area contributed by atoms with Gasteiger partial charge in [-0.05, 0) is 31.0 Å². The van der Waals surface area contributed by atoms with Gasteiger partial charge in [-0.3, -0.25) is 14.4 Å². The number of H-pyrrole nitrogens is 1. The molecular weight excluding hydrogens is 396 g/mol. The highest BCUT2D eigenvalue weighted by Crippen LogP contribution is 2.29. The molecule has 0 bridgehead atoms. The lowest BCUT2D eigenvalue weighted by atomic mass is 9.82. The molecule has 8 heteroatoms. The third kappa shape index (κ3) is 4.38. The molecule has 1 saturated heterocycles. The van der Waals surface area contributed by atoms with Crippen LogP contribution in [0, 0.1) is 5.92 Å². The van der Waals surface area contributed by atoms with Gasteiger partial charge in [-0.1, -0.05) is 12.8 Å². The first-order valence-electron chi connectivity index (χ1n) is 11.0. The van der Waals surface area contributed by atoms with Gasteiger partial charge in [0.2, 0.25) is 11.8 Å². The molecule has 1 aromatic carbocycles. The van der Waals surface area contributed by atoms with E-state index < -0.39 is 0 Å². The van der Waals surface area contributed by atoms with Crippen LogP contribution in [0.1, 0.15) is 43.1 Å². The van der Waals surface area contributed by atoms with Crippen molar-refractivity contribution in [1.82, 2.24) is 20.1 Å². The fraction of sp³-hybridized carbons (Fsp3) is 0.522. The second kappa shape index (κ2) is 8.99. The molecular formula is C23H30N4O4. The number of aromatic nitrogens is 1. The van der Waals surface area contributed by atoms with Crippen molar-refractivity contribution in [3.05, 3.63) is 30.0 Å². The molecule has 2 fully saturated rings. The topological polar surface area (TPSA) is 94.7 Å². The van der Waals surface area contributed by atoms with E-state index in [-0.39, 0.29) is 29.7 Å². The summed E-state index contributed by atoms with van der Waals surface area (Å²) in [5.74, 6) is 0.352. The van der Waals surface area contributed by atoms with Crippen molar-refractivity contribution in [2.45, 2.75) is 38.6 Å². The lowest BCUT2D eigenvalue weighted by Crippen LogP contribution is -2.55. The van der Waals surface area contributed by atoms with Crippen LogP contribution in [-0.4, -0.2) is 71.8 Å². The third-order valence-corrected chi connectivity index (χ3v) is 6.51. The standard InChI is InChI=1S/C23H30N4O4/c1-15(28)27-12-11-26(10-9-24-22(29)18-5-3-4-6-21(18)27)23(30)20-13-16-7-8-17(31-2)14-19(16)25-20/h7-8,13-14,18,21,25H,3-6,9-12H2,1-2H3,(H,24,29)/t18-,21+/m0/s1. The van der Waals surface area contributed by atoms with Crippen molar-refractivity contribution in [3.63, 3.8) is 0 Å². The Bertz CT molecular complexity index is 985. The van der Waals surface area contributed by atoms with Crippen LogP contribution in [0.15, 0.2) is 24.3 Å². The van der Waals surface area contributed by atoms with Crippen LogP contribution >= 0.6 is 0 Å². The minimum atomic E-state index is -0.163. The Morgan fingerprint density at radius 2 is 1.90 bits per heavy atom. The van der Waals surface area contributed by atoms with E-state index in [1.54, 1.807) is 23.8 Å². The largest absolute Gasteiger partial charge is 0.497 e. The summed E-state index contributed by atoms with van der Waals surface area (Å²) in [7, 11) is 1.61. The zero-order valence-corrected chi connectivity index (χ0v) is 18.1. The second-order valence-electron chi connectivity index (χ2n) is 8.39. The highest BCUT2D eigenvalue weighted by molar-refractivity contribution is 5.98. The molecule has 1 aromatic heterocycles. The monoisotopic (exact) mass is 426 g/mol. The summed E-state index contributed by atoms with van der Waals surface area (Å²) in [4.78, 5) is 45.2. The first kappa shape index (κ1) is 21.2. The van der Waals surface area contributed by atoms with Crippen molar-refractivity contribution in [1.29, 1.82) is 0 Å². The summed E-state index contributed by atoms with van der Waals surface area (Å²) in [6.07, 6.45) is 3.66. The van der Waals surface area contributed by atoms with Crippen molar-refractivity contribution in [2.24, 2.45) is 5.92 Å². The molecule has 0 unspecified atom stereocenters. The molecule has 1 aliphatic carbocycles. The first-order chi connectivity index (χ1) is 15.0. The van der Waals surface area contributed by atoms with Gasteiger partial charge < -0.3 is 24.8 Å². The summed E-state index contributed by atoms with van der Waals surface area (Å²) in [5, 5.41) is 3.92. The van der Waals surface area contributed by atoms with Crippen LogP contribution in [0.2, 0.25) is 0 Å². The van der Waals surface area contributed by atoms with E-state index in [2.05, 4.69) is 10.3 Å². The maximum Gasteiger partial charge on any atom is 0.270 e. The second-order valence-corrected chi connectivity index (χ2v) is 8.39. The number of ether oxygens (including phenoxy) is 1. The minimum Gasteiger partial charge on any atom is -0.497 e. The number of nitrogens with one attached hydrogen (secondary N) is 2. The van der Waals surface area contributed by atoms with Gasteiger partial charge in [-0.2, -0.15) is 0 Å². The lowest BCUT2D eigenvalue weighted by Gasteiger charge is -2.40. The van der Waals surface area contributed by atoms with Crippen LogP contribution in [0.4, 0.5) is 0 Å². The van der Waals surface area contributed by atoms with Crippen LogP contribution in [0.25, 0.3) is 10.9 Å². The summed E-state index contributed by atoms with van der Waals surface area (Å²) in [6, 6.07) is 7.35. The van der Waals surface area contributed by atoms with Crippen molar-refractivity contribution < 1.29 is 19.1 Å². The van der Waals surface area contributed by atoms with E-state index >= 15 is 0 Å². The van der Waals surface area contributed by atoms with Crippen molar-refractivity contribution in [3.8, 4) is 5.75 Å². The smallest absolute Gasteiger partial charge is 0.270 e. The number of aromatic amines is 1. The third-order valence-electron chi connectivity index (χ3n) is 6.51. The molecule has 166 valence electrons. The number of carbonyl (C=O) groups is 3. The number of methoxy groups -OCH3 is 1. The Morgan fingerprint density at radius 1 is 1.10 bits per heavy atom. The fourth-order valence-corrected chi connectivity index (χ4v) is 4.85. The number of fused-ring (bicyclic) bond motifs is 2. The summed E-state index contributed by atoms with van der Waals surface area (Å²) in [6.45, 7) is 3.21. The average Bonchev–Trinajstić information content (AvgIpc) is 3.20. The summed E-state index contributed by atoms with van der Waals surface area (Å²) >= 11 is 0. The number of carbonyl (C=O) groups excluding carboxylic acids is 3. The first-order valence-corrected chi connectivity index (χ1v) is 11.0.